The lowest BCUT2D eigenvalue weighted by molar-refractivity contribution is 0.198. The molecule has 2 rings (SSSR count). The fraction of sp³-hybridized carbons (Fsp3) is 0.786. The molecule has 1 saturated carbocycles. The predicted octanol–water partition coefficient (Wildman–Crippen LogP) is 4.24. The lowest BCUT2D eigenvalue weighted by atomic mass is 9.79. The molecule has 0 aromatic carbocycles. The van der Waals surface area contributed by atoms with Gasteiger partial charge in [-0.1, -0.05) is 13.8 Å². The third-order valence-electron chi connectivity index (χ3n) is 4.52. The van der Waals surface area contributed by atoms with Gasteiger partial charge >= 0.3 is 0 Å². The van der Waals surface area contributed by atoms with Crippen LogP contribution in [-0.4, -0.2) is 9.78 Å². The second-order valence-corrected chi connectivity index (χ2v) is 5.92. The number of nitrogens with zero attached hydrogens (tertiary/aromatic N) is 2. The largest absolute Gasteiger partial charge is 0.266 e. The fourth-order valence-corrected chi connectivity index (χ4v) is 3.37. The van der Waals surface area contributed by atoms with E-state index in [1.54, 1.807) is 0 Å². The summed E-state index contributed by atoms with van der Waals surface area (Å²) in [5, 5.41) is 4.70. The maximum Gasteiger partial charge on any atom is 0.0640 e. The quantitative estimate of drug-likeness (QED) is 0.722. The molecule has 96 valence electrons. The molecular formula is C14H23ClN2. The Morgan fingerprint density at radius 1 is 1.24 bits per heavy atom. The maximum atomic E-state index is 5.99. The summed E-state index contributed by atoms with van der Waals surface area (Å²) in [6, 6.07) is 0.580. The summed E-state index contributed by atoms with van der Waals surface area (Å²) >= 11 is 5.99. The van der Waals surface area contributed by atoms with Crippen molar-refractivity contribution in [3.8, 4) is 0 Å². The molecule has 3 unspecified atom stereocenters. The number of hydrogen-bond acceptors (Lipinski definition) is 1. The molecule has 0 N–H and O–H groups in total. The van der Waals surface area contributed by atoms with Gasteiger partial charge < -0.3 is 0 Å². The van der Waals surface area contributed by atoms with E-state index in [1.165, 1.54) is 30.5 Å². The highest BCUT2D eigenvalue weighted by atomic mass is 35.5. The van der Waals surface area contributed by atoms with E-state index in [0.717, 1.165) is 17.5 Å². The van der Waals surface area contributed by atoms with E-state index in [0.29, 0.717) is 11.9 Å². The molecular weight excluding hydrogens is 232 g/mol. The Morgan fingerprint density at radius 2 is 1.94 bits per heavy atom. The number of hydrogen-bond donors (Lipinski definition) is 0. The molecule has 3 heteroatoms. The third-order valence-corrected chi connectivity index (χ3v) is 4.79. The van der Waals surface area contributed by atoms with Gasteiger partial charge in [0, 0.05) is 11.3 Å². The van der Waals surface area contributed by atoms with E-state index in [4.69, 9.17) is 16.7 Å². The highest BCUT2D eigenvalue weighted by Gasteiger charge is 2.27. The summed E-state index contributed by atoms with van der Waals surface area (Å²) in [5.74, 6) is 2.24. The minimum atomic E-state index is 0.580. The van der Waals surface area contributed by atoms with Crippen molar-refractivity contribution in [1.29, 1.82) is 0 Å². The summed E-state index contributed by atoms with van der Waals surface area (Å²) in [6.45, 7) is 8.95. The van der Waals surface area contributed by atoms with Crippen molar-refractivity contribution in [2.75, 3.05) is 0 Å². The first-order valence-corrected chi connectivity index (χ1v) is 7.18. The van der Waals surface area contributed by atoms with E-state index in [9.17, 15) is 0 Å². The van der Waals surface area contributed by atoms with E-state index in [1.807, 2.05) is 0 Å². The van der Waals surface area contributed by atoms with Crippen LogP contribution >= 0.6 is 11.6 Å². The Labute approximate surface area is 109 Å². The fourth-order valence-electron chi connectivity index (χ4n) is 2.99. The van der Waals surface area contributed by atoms with E-state index in [2.05, 4.69) is 32.4 Å². The highest BCUT2D eigenvalue weighted by molar-refractivity contribution is 6.17. The molecule has 1 heterocycles. The predicted molar refractivity (Wildman–Crippen MR) is 72.5 cm³/mol. The van der Waals surface area contributed by atoms with Crippen molar-refractivity contribution in [2.24, 2.45) is 11.8 Å². The molecule has 0 radical (unpaired) electrons. The van der Waals surface area contributed by atoms with Crippen LogP contribution < -0.4 is 0 Å². The first kappa shape index (κ1) is 12.9. The van der Waals surface area contributed by atoms with Crippen LogP contribution in [0, 0.1) is 25.7 Å². The summed E-state index contributed by atoms with van der Waals surface area (Å²) in [4.78, 5) is 0. The van der Waals surface area contributed by atoms with Crippen molar-refractivity contribution in [3.05, 3.63) is 17.0 Å². The molecule has 0 saturated heterocycles. The second-order valence-electron chi connectivity index (χ2n) is 5.65. The van der Waals surface area contributed by atoms with Gasteiger partial charge in [-0.2, -0.15) is 5.10 Å². The molecule has 17 heavy (non-hydrogen) atoms. The van der Waals surface area contributed by atoms with Crippen LogP contribution in [0.3, 0.4) is 0 Å². The van der Waals surface area contributed by atoms with Crippen molar-refractivity contribution in [3.63, 3.8) is 0 Å². The smallest absolute Gasteiger partial charge is 0.0640 e. The average Bonchev–Trinajstić information content (AvgIpc) is 2.58. The maximum absolute atomic E-state index is 5.99. The van der Waals surface area contributed by atoms with Crippen LogP contribution in [-0.2, 0) is 5.88 Å². The molecule has 0 aliphatic heterocycles. The monoisotopic (exact) mass is 254 g/mol. The zero-order valence-corrected chi connectivity index (χ0v) is 12.1. The van der Waals surface area contributed by atoms with E-state index >= 15 is 0 Å². The molecule has 1 aromatic heterocycles. The zero-order chi connectivity index (χ0) is 12.6. The van der Waals surface area contributed by atoms with Crippen LogP contribution in [0.5, 0.6) is 0 Å². The Bertz CT molecular complexity index is 397. The number of alkyl halides is 1. The Hall–Kier alpha value is -0.500. The van der Waals surface area contributed by atoms with Gasteiger partial charge in [0.25, 0.3) is 0 Å². The topological polar surface area (TPSA) is 17.8 Å². The van der Waals surface area contributed by atoms with Crippen molar-refractivity contribution in [1.82, 2.24) is 9.78 Å². The van der Waals surface area contributed by atoms with Gasteiger partial charge in [0.1, 0.15) is 0 Å². The minimum Gasteiger partial charge on any atom is -0.266 e. The van der Waals surface area contributed by atoms with E-state index < -0.39 is 0 Å². The van der Waals surface area contributed by atoms with Crippen LogP contribution in [0.2, 0.25) is 0 Å². The summed E-state index contributed by atoms with van der Waals surface area (Å²) in [6.07, 6.45) is 3.83. The third kappa shape index (κ3) is 2.37. The van der Waals surface area contributed by atoms with Gasteiger partial charge in [-0.3, -0.25) is 4.68 Å². The molecule has 1 aliphatic rings. The molecule has 1 aliphatic carbocycles. The van der Waals surface area contributed by atoms with Gasteiger partial charge in [-0.25, -0.2) is 0 Å². The lowest BCUT2D eigenvalue weighted by Gasteiger charge is -2.32. The number of rotatable bonds is 2. The number of aromatic nitrogens is 2. The van der Waals surface area contributed by atoms with Crippen molar-refractivity contribution in [2.45, 2.75) is 58.9 Å². The van der Waals surface area contributed by atoms with Crippen molar-refractivity contribution < 1.29 is 0 Å². The van der Waals surface area contributed by atoms with Gasteiger partial charge in [-0.15, -0.1) is 11.6 Å². The normalized spacial score (nSPS) is 29.6. The molecule has 3 atom stereocenters. The van der Waals surface area contributed by atoms with E-state index in [-0.39, 0.29) is 0 Å². The van der Waals surface area contributed by atoms with Crippen molar-refractivity contribution >= 4 is 11.6 Å². The van der Waals surface area contributed by atoms with Gasteiger partial charge in [0.15, 0.2) is 0 Å². The van der Waals surface area contributed by atoms with Gasteiger partial charge in [0.2, 0.25) is 0 Å². The first-order chi connectivity index (χ1) is 8.04. The van der Waals surface area contributed by atoms with Crippen LogP contribution in [0.1, 0.15) is 56.1 Å². The Kier molecular flexibility index (Phi) is 3.82. The van der Waals surface area contributed by atoms with Gasteiger partial charge in [-0.05, 0) is 44.9 Å². The molecule has 1 aromatic rings. The highest BCUT2D eigenvalue weighted by Crippen LogP contribution is 2.37. The molecule has 0 spiro atoms. The Morgan fingerprint density at radius 3 is 2.47 bits per heavy atom. The lowest BCUT2D eigenvalue weighted by Crippen LogP contribution is -2.24. The molecule has 2 nitrogen and oxygen atoms in total. The van der Waals surface area contributed by atoms with Crippen LogP contribution in [0.4, 0.5) is 0 Å². The number of aryl methyl sites for hydroxylation is 1. The summed E-state index contributed by atoms with van der Waals surface area (Å²) < 4.78 is 2.23. The number of halogens is 1. The SMILES string of the molecule is Cc1nn(C2CCC(C)C(C)C2)c(C)c1CCl. The Balaban J connectivity index is 2.23. The first-order valence-electron chi connectivity index (χ1n) is 6.65. The summed E-state index contributed by atoms with van der Waals surface area (Å²) in [7, 11) is 0. The minimum absolute atomic E-state index is 0.580. The molecule has 0 amide bonds. The molecule has 1 fully saturated rings. The average molecular weight is 255 g/mol. The van der Waals surface area contributed by atoms with Crippen LogP contribution in [0.15, 0.2) is 0 Å². The molecule has 0 bridgehead atoms. The van der Waals surface area contributed by atoms with Crippen LogP contribution in [0.25, 0.3) is 0 Å². The summed E-state index contributed by atoms with van der Waals surface area (Å²) in [5.41, 5.74) is 3.59. The van der Waals surface area contributed by atoms with Gasteiger partial charge in [0.05, 0.1) is 17.6 Å². The second kappa shape index (κ2) is 5.01. The standard InChI is InChI=1S/C14H23ClN2/c1-9-5-6-13(7-10(9)2)17-12(4)14(8-15)11(3)16-17/h9-10,13H,5-8H2,1-4H3. The zero-order valence-electron chi connectivity index (χ0n) is 11.3.